The van der Waals surface area contributed by atoms with Gasteiger partial charge in [0.15, 0.2) is 11.0 Å². The van der Waals surface area contributed by atoms with Gasteiger partial charge in [0.1, 0.15) is 10.8 Å². The van der Waals surface area contributed by atoms with E-state index in [2.05, 4.69) is 35.9 Å². The molecule has 1 N–H and O–H groups in total. The van der Waals surface area contributed by atoms with Crippen LogP contribution in [0.2, 0.25) is 0 Å². The number of rotatable bonds is 12. The molecule has 1 amide bonds. The molecule has 0 unspecified atom stereocenters. The molecule has 0 bridgehead atoms. The van der Waals surface area contributed by atoms with Crippen LogP contribution in [0.1, 0.15) is 61.3 Å². The highest BCUT2D eigenvalue weighted by Gasteiger charge is 2.28. The molecule has 4 rings (SSSR count). The number of anilines is 1. The fraction of sp³-hybridized carbons (Fsp3) is 0.448. The molecule has 10 heteroatoms. The lowest BCUT2D eigenvalue weighted by molar-refractivity contribution is -0.113. The van der Waals surface area contributed by atoms with E-state index in [0.717, 1.165) is 47.4 Å². The monoisotopic (exact) mass is 568 g/mol. The van der Waals surface area contributed by atoms with Crippen molar-refractivity contribution in [2.24, 2.45) is 5.92 Å². The summed E-state index contributed by atoms with van der Waals surface area (Å²) in [7, 11) is 0. The first kappa shape index (κ1) is 28.9. The molecule has 1 aliphatic carbocycles. The van der Waals surface area contributed by atoms with Crippen molar-refractivity contribution in [3.8, 4) is 17.1 Å². The van der Waals surface area contributed by atoms with E-state index in [0.29, 0.717) is 40.6 Å². The number of carbonyl (C=O) groups is 2. The molecular formula is C29H36N4O4S2. The van der Waals surface area contributed by atoms with E-state index in [4.69, 9.17) is 9.47 Å². The molecule has 8 nitrogen and oxygen atoms in total. The largest absolute Gasteiger partial charge is 0.493 e. The average molecular weight is 569 g/mol. The van der Waals surface area contributed by atoms with Crippen LogP contribution in [0.3, 0.4) is 0 Å². The third kappa shape index (κ3) is 7.30. The van der Waals surface area contributed by atoms with Crippen LogP contribution in [0.15, 0.2) is 42.1 Å². The Balaban J connectivity index is 1.46. The summed E-state index contributed by atoms with van der Waals surface area (Å²) >= 11 is 2.78. The summed E-state index contributed by atoms with van der Waals surface area (Å²) in [5.41, 5.74) is 2.44. The van der Waals surface area contributed by atoms with Crippen molar-refractivity contribution in [2.45, 2.75) is 71.2 Å². The van der Waals surface area contributed by atoms with Gasteiger partial charge in [0.25, 0.3) is 0 Å². The predicted octanol–water partition coefficient (Wildman–Crippen LogP) is 6.40. The van der Waals surface area contributed by atoms with E-state index in [-0.39, 0.29) is 23.7 Å². The van der Waals surface area contributed by atoms with Gasteiger partial charge < -0.3 is 14.8 Å². The Hall–Kier alpha value is -3.11. The number of carbonyl (C=O) groups excluding carboxylic acids is 2. The second-order valence-corrected chi connectivity index (χ2v) is 12.2. The topological polar surface area (TPSA) is 95.3 Å². The van der Waals surface area contributed by atoms with Gasteiger partial charge in [0.2, 0.25) is 5.91 Å². The zero-order valence-corrected chi connectivity index (χ0v) is 24.6. The molecule has 2 aromatic heterocycles. The van der Waals surface area contributed by atoms with Crippen molar-refractivity contribution in [3.63, 3.8) is 0 Å². The normalized spacial score (nSPS) is 12.9. The molecule has 0 aliphatic heterocycles. The average Bonchev–Trinajstić information content (AvgIpc) is 3.47. The van der Waals surface area contributed by atoms with Crippen LogP contribution in [0.25, 0.3) is 11.4 Å². The number of hydrogen-bond acceptors (Lipinski definition) is 8. The number of nitrogens with zero attached hydrogens (tertiary/aromatic N) is 3. The van der Waals surface area contributed by atoms with Crippen LogP contribution in [0.4, 0.5) is 5.00 Å². The van der Waals surface area contributed by atoms with Crippen molar-refractivity contribution in [1.82, 2.24) is 14.8 Å². The Kier molecular flexibility index (Phi) is 9.85. The van der Waals surface area contributed by atoms with E-state index in [9.17, 15) is 9.59 Å². The first-order valence-electron chi connectivity index (χ1n) is 13.3. The number of hydrogen-bond donors (Lipinski definition) is 1. The zero-order valence-electron chi connectivity index (χ0n) is 23.0. The van der Waals surface area contributed by atoms with Crippen molar-refractivity contribution >= 4 is 40.0 Å². The van der Waals surface area contributed by atoms with Crippen LogP contribution < -0.4 is 10.1 Å². The smallest absolute Gasteiger partial charge is 0.341 e. The predicted molar refractivity (Wildman–Crippen MR) is 157 cm³/mol. The van der Waals surface area contributed by atoms with Crippen molar-refractivity contribution < 1.29 is 19.1 Å². The van der Waals surface area contributed by atoms with Gasteiger partial charge in [-0.1, -0.05) is 31.7 Å². The Labute approximate surface area is 238 Å². The highest BCUT2D eigenvalue weighted by atomic mass is 32.2. The summed E-state index contributed by atoms with van der Waals surface area (Å²) in [5.74, 6) is 1.49. The Morgan fingerprint density at radius 2 is 1.90 bits per heavy atom. The minimum Gasteiger partial charge on any atom is -0.493 e. The molecule has 39 heavy (non-hydrogen) atoms. The van der Waals surface area contributed by atoms with Crippen molar-refractivity contribution in [1.29, 1.82) is 0 Å². The van der Waals surface area contributed by atoms with E-state index >= 15 is 0 Å². The standard InChI is InChI=1S/C29H36N4O4S2/c1-6-15-33-26(20-11-13-21(14-12-20)36-16-18(2)3)31-32-29(33)38-17-24(34)30-27-25(28(35)37-19(4)5)22-9-7-8-10-23(22)39-27/h6,11-14,18-19H,1,7-10,15-17H2,2-5H3,(H,30,34). The second kappa shape index (κ2) is 13.3. The van der Waals surface area contributed by atoms with E-state index in [1.165, 1.54) is 23.1 Å². The minimum absolute atomic E-state index is 0.124. The summed E-state index contributed by atoms with van der Waals surface area (Å²) < 4.78 is 13.2. The third-order valence-electron chi connectivity index (χ3n) is 6.03. The van der Waals surface area contributed by atoms with E-state index in [1.807, 2.05) is 42.7 Å². The lowest BCUT2D eigenvalue weighted by Crippen LogP contribution is -2.19. The maximum Gasteiger partial charge on any atom is 0.341 e. The molecule has 2 heterocycles. The number of allylic oxidation sites excluding steroid dienone is 1. The van der Waals surface area contributed by atoms with Crippen LogP contribution in [-0.2, 0) is 28.9 Å². The number of ether oxygens (including phenoxy) is 2. The van der Waals surface area contributed by atoms with Crippen LogP contribution in [0, 0.1) is 5.92 Å². The Morgan fingerprint density at radius 1 is 1.15 bits per heavy atom. The number of benzene rings is 1. The summed E-state index contributed by atoms with van der Waals surface area (Å²) in [6.07, 6.45) is 5.42. The number of nitrogens with one attached hydrogen (secondary N) is 1. The second-order valence-electron chi connectivity index (χ2n) is 10.1. The molecular weight excluding hydrogens is 532 g/mol. The number of fused-ring (bicyclic) bond motifs is 1. The van der Waals surface area contributed by atoms with Gasteiger partial charge in [-0.15, -0.1) is 28.1 Å². The number of thioether (sulfide) groups is 1. The van der Waals surface area contributed by atoms with Gasteiger partial charge in [-0.25, -0.2) is 4.79 Å². The van der Waals surface area contributed by atoms with Gasteiger partial charge >= 0.3 is 5.97 Å². The molecule has 208 valence electrons. The van der Waals surface area contributed by atoms with Crippen LogP contribution in [-0.4, -0.2) is 45.1 Å². The summed E-state index contributed by atoms with van der Waals surface area (Å²) in [6.45, 7) is 12.9. The number of aryl methyl sites for hydroxylation is 1. The van der Waals surface area contributed by atoms with E-state index in [1.54, 1.807) is 6.08 Å². The Morgan fingerprint density at radius 3 is 2.59 bits per heavy atom. The summed E-state index contributed by atoms with van der Waals surface area (Å²) in [6, 6.07) is 7.76. The molecule has 0 saturated heterocycles. The molecule has 0 atom stereocenters. The third-order valence-corrected chi connectivity index (χ3v) is 8.20. The highest BCUT2D eigenvalue weighted by Crippen LogP contribution is 2.39. The molecule has 1 aromatic carbocycles. The first-order chi connectivity index (χ1) is 18.8. The van der Waals surface area contributed by atoms with Gasteiger partial charge in [-0.2, -0.15) is 0 Å². The summed E-state index contributed by atoms with van der Waals surface area (Å²) in [5, 5.41) is 12.9. The fourth-order valence-electron chi connectivity index (χ4n) is 4.30. The maximum atomic E-state index is 13.0. The van der Waals surface area contributed by atoms with Gasteiger partial charge in [0.05, 0.1) is 24.0 Å². The maximum absolute atomic E-state index is 13.0. The summed E-state index contributed by atoms with van der Waals surface area (Å²) in [4.78, 5) is 27.1. The lowest BCUT2D eigenvalue weighted by Gasteiger charge is -2.14. The molecule has 0 radical (unpaired) electrons. The number of amides is 1. The van der Waals surface area contributed by atoms with Gasteiger partial charge in [0, 0.05) is 17.0 Å². The SMILES string of the molecule is C=CCn1c(SCC(=O)Nc2sc3c(c2C(=O)OC(C)C)CCCC3)nnc1-c1ccc(OCC(C)C)cc1. The van der Waals surface area contributed by atoms with Gasteiger partial charge in [-0.3, -0.25) is 9.36 Å². The van der Waals surface area contributed by atoms with Gasteiger partial charge in [-0.05, 0) is 75.3 Å². The van der Waals surface area contributed by atoms with Crippen molar-refractivity contribution in [2.75, 3.05) is 17.7 Å². The minimum atomic E-state index is -0.372. The molecule has 0 spiro atoms. The number of aromatic nitrogens is 3. The van der Waals surface area contributed by atoms with E-state index < -0.39 is 0 Å². The first-order valence-corrected chi connectivity index (χ1v) is 15.1. The highest BCUT2D eigenvalue weighted by molar-refractivity contribution is 7.99. The Bertz CT molecular complexity index is 1310. The quantitative estimate of drug-likeness (QED) is 0.153. The number of thiophene rings is 1. The molecule has 1 aliphatic rings. The lowest BCUT2D eigenvalue weighted by atomic mass is 9.95. The van der Waals surface area contributed by atoms with Crippen LogP contribution in [0.5, 0.6) is 5.75 Å². The molecule has 3 aromatic rings. The van der Waals surface area contributed by atoms with Crippen molar-refractivity contribution in [3.05, 3.63) is 52.9 Å². The van der Waals surface area contributed by atoms with Crippen LogP contribution >= 0.6 is 23.1 Å². The fourth-order valence-corrected chi connectivity index (χ4v) is 6.34. The molecule has 0 fully saturated rings. The number of esters is 1. The zero-order chi connectivity index (χ0) is 27.9. The molecule has 0 saturated carbocycles.